The fourth-order valence-electron chi connectivity index (χ4n) is 2.82. The van der Waals surface area contributed by atoms with Crippen molar-refractivity contribution in [1.82, 2.24) is 0 Å². The van der Waals surface area contributed by atoms with Crippen molar-refractivity contribution in [3.05, 3.63) is 67.6 Å². The van der Waals surface area contributed by atoms with Crippen LogP contribution in [0.15, 0.2) is 36.4 Å². The van der Waals surface area contributed by atoms with Gasteiger partial charge in [-0.1, -0.05) is 70.7 Å². The van der Waals surface area contributed by atoms with Gasteiger partial charge in [0, 0.05) is 11.1 Å². The normalized spacial score (nSPS) is 24.0. The molecule has 2 saturated heterocycles. The highest BCUT2D eigenvalue weighted by molar-refractivity contribution is 6.43. The zero-order chi connectivity index (χ0) is 17.6. The van der Waals surface area contributed by atoms with E-state index in [1.807, 2.05) is 24.3 Å². The second kappa shape index (κ2) is 7.24. The summed E-state index contributed by atoms with van der Waals surface area (Å²) >= 11 is 25.1. The maximum atomic E-state index is 6.41. The Morgan fingerprint density at radius 1 is 0.760 bits per heavy atom. The van der Waals surface area contributed by atoms with Crippen LogP contribution < -0.4 is 0 Å². The van der Waals surface area contributed by atoms with Crippen LogP contribution >= 0.6 is 46.4 Å². The van der Waals surface area contributed by atoms with Gasteiger partial charge < -0.3 is 14.2 Å². The summed E-state index contributed by atoms with van der Waals surface area (Å²) in [4.78, 5) is 0. The van der Waals surface area contributed by atoms with Gasteiger partial charge >= 0.3 is 0 Å². The molecule has 0 radical (unpaired) electrons. The van der Waals surface area contributed by atoms with E-state index in [2.05, 4.69) is 0 Å². The van der Waals surface area contributed by atoms with Gasteiger partial charge in [0.1, 0.15) is 24.4 Å². The second-order valence-electron chi connectivity index (χ2n) is 6.01. The van der Waals surface area contributed by atoms with Crippen molar-refractivity contribution < 1.29 is 14.2 Å². The molecule has 4 rings (SSSR count). The van der Waals surface area contributed by atoms with Gasteiger partial charge in [-0.2, -0.15) is 0 Å². The van der Waals surface area contributed by atoms with Crippen molar-refractivity contribution in [2.75, 3.05) is 13.2 Å². The van der Waals surface area contributed by atoms with Crippen LogP contribution in [0.4, 0.5) is 0 Å². The van der Waals surface area contributed by atoms with Gasteiger partial charge in [-0.3, -0.25) is 0 Å². The molecule has 2 fully saturated rings. The smallest absolute Gasteiger partial charge is 0.113 e. The topological polar surface area (TPSA) is 34.3 Å². The van der Waals surface area contributed by atoms with E-state index >= 15 is 0 Å². The number of rotatable bonds is 6. The molecule has 132 valence electrons. The minimum atomic E-state index is -0.365. The predicted molar refractivity (Wildman–Crippen MR) is 99.0 cm³/mol. The summed E-state index contributed by atoms with van der Waals surface area (Å²) in [6, 6.07) is 11.0. The van der Waals surface area contributed by atoms with Crippen molar-refractivity contribution in [1.29, 1.82) is 0 Å². The van der Waals surface area contributed by atoms with Gasteiger partial charge in [-0.05, 0) is 12.1 Å². The molecule has 0 N–H and O–H groups in total. The molecule has 3 nitrogen and oxygen atoms in total. The molecule has 0 amide bonds. The van der Waals surface area contributed by atoms with E-state index in [1.54, 1.807) is 12.1 Å². The van der Waals surface area contributed by atoms with Gasteiger partial charge in [0.05, 0.1) is 33.3 Å². The molecule has 0 aliphatic carbocycles. The van der Waals surface area contributed by atoms with E-state index in [4.69, 9.17) is 60.6 Å². The van der Waals surface area contributed by atoms with Crippen LogP contribution in [-0.4, -0.2) is 25.4 Å². The van der Waals surface area contributed by atoms with Crippen molar-refractivity contribution in [2.45, 2.75) is 24.4 Å². The first kappa shape index (κ1) is 17.9. The average molecular weight is 420 g/mol. The van der Waals surface area contributed by atoms with E-state index in [9.17, 15) is 0 Å². The van der Waals surface area contributed by atoms with E-state index in [0.717, 1.165) is 11.1 Å². The Hall–Kier alpha value is -0.520. The number of hydrogen-bond donors (Lipinski definition) is 0. The quantitative estimate of drug-likeness (QED) is 0.547. The summed E-state index contributed by atoms with van der Waals surface area (Å²) in [6.07, 6.45) is -0.878. The summed E-state index contributed by atoms with van der Waals surface area (Å²) in [7, 11) is 0. The first-order valence-electron chi connectivity index (χ1n) is 7.82. The van der Waals surface area contributed by atoms with Gasteiger partial charge in [0.15, 0.2) is 0 Å². The van der Waals surface area contributed by atoms with Crippen LogP contribution in [-0.2, 0) is 14.2 Å². The Morgan fingerprint density at radius 3 is 1.52 bits per heavy atom. The van der Waals surface area contributed by atoms with Crippen molar-refractivity contribution in [3.63, 3.8) is 0 Å². The Morgan fingerprint density at radius 2 is 1.16 bits per heavy atom. The SMILES string of the molecule is Clc1cccc([C@@H](O[C@H](c2cccc(Cl)c2Cl)C2CO2)C2CO2)c1Cl. The molecule has 0 saturated carbocycles. The predicted octanol–water partition coefficient (Wildman–Crippen LogP) is 5.90. The van der Waals surface area contributed by atoms with E-state index in [0.29, 0.717) is 33.3 Å². The Labute approximate surface area is 165 Å². The molecular weight excluding hydrogens is 406 g/mol. The largest absolute Gasteiger partial charge is 0.370 e. The second-order valence-corrected chi connectivity index (χ2v) is 7.58. The van der Waals surface area contributed by atoms with Crippen molar-refractivity contribution >= 4 is 46.4 Å². The fraction of sp³-hybridized carbons (Fsp3) is 0.333. The highest BCUT2D eigenvalue weighted by atomic mass is 35.5. The first-order valence-corrected chi connectivity index (χ1v) is 9.34. The maximum Gasteiger partial charge on any atom is 0.113 e. The lowest BCUT2D eigenvalue weighted by molar-refractivity contribution is -0.0418. The third-order valence-electron chi connectivity index (χ3n) is 4.26. The first-order chi connectivity index (χ1) is 12.1. The third kappa shape index (κ3) is 3.79. The third-order valence-corrected chi connectivity index (χ3v) is 5.93. The van der Waals surface area contributed by atoms with E-state index in [-0.39, 0.29) is 24.4 Å². The van der Waals surface area contributed by atoms with Crippen LogP contribution in [0, 0.1) is 0 Å². The number of epoxide rings is 2. The molecule has 2 aliphatic heterocycles. The lowest BCUT2D eigenvalue weighted by Gasteiger charge is -2.25. The molecule has 2 unspecified atom stereocenters. The maximum absolute atomic E-state index is 6.41. The van der Waals surface area contributed by atoms with Gasteiger partial charge in [-0.15, -0.1) is 0 Å². The Balaban J connectivity index is 1.68. The molecule has 2 aromatic carbocycles. The zero-order valence-corrected chi connectivity index (χ0v) is 15.9. The summed E-state index contributed by atoms with van der Waals surface area (Å²) in [5, 5.41) is 1.90. The number of halogens is 4. The molecule has 4 atom stereocenters. The van der Waals surface area contributed by atoms with Crippen LogP contribution in [0.25, 0.3) is 0 Å². The van der Waals surface area contributed by atoms with Crippen molar-refractivity contribution in [2.24, 2.45) is 0 Å². The average Bonchev–Trinajstić information content (AvgIpc) is 3.47. The molecular formula is C18H14Cl4O3. The molecule has 25 heavy (non-hydrogen) atoms. The van der Waals surface area contributed by atoms with Crippen LogP contribution in [0.1, 0.15) is 23.3 Å². The lowest BCUT2D eigenvalue weighted by atomic mass is 10.0. The monoisotopic (exact) mass is 418 g/mol. The van der Waals surface area contributed by atoms with Crippen molar-refractivity contribution in [3.8, 4) is 0 Å². The van der Waals surface area contributed by atoms with Gasteiger partial charge in [0.25, 0.3) is 0 Å². The molecule has 0 aromatic heterocycles. The molecule has 2 heterocycles. The molecule has 2 aliphatic rings. The van der Waals surface area contributed by atoms with Crippen LogP contribution in [0.2, 0.25) is 20.1 Å². The van der Waals surface area contributed by atoms with Crippen LogP contribution in [0.5, 0.6) is 0 Å². The zero-order valence-electron chi connectivity index (χ0n) is 12.9. The summed E-state index contributed by atoms with van der Waals surface area (Å²) in [6.45, 7) is 1.21. The summed E-state index contributed by atoms with van der Waals surface area (Å²) in [5.74, 6) is 0. The highest BCUT2D eigenvalue weighted by Gasteiger charge is 2.43. The summed E-state index contributed by atoms with van der Waals surface area (Å²) < 4.78 is 17.4. The van der Waals surface area contributed by atoms with Gasteiger partial charge in [-0.25, -0.2) is 0 Å². The Kier molecular flexibility index (Phi) is 5.18. The molecule has 0 spiro atoms. The molecule has 2 aromatic rings. The van der Waals surface area contributed by atoms with E-state index in [1.165, 1.54) is 0 Å². The minimum absolute atomic E-state index is 0.0739. The summed E-state index contributed by atoms with van der Waals surface area (Å²) in [5.41, 5.74) is 1.58. The Bertz CT molecular complexity index is 724. The fourth-order valence-corrected chi connectivity index (χ4v) is 3.65. The van der Waals surface area contributed by atoms with Gasteiger partial charge in [0.2, 0.25) is 0 Å². The standard InChI is InChI=1S/C18H14Cl4O3/c19-11-5-1-3-9(15(11)21)17(13-7-23-13)25-18(14-8-24-14)10-4-2-6-12(20)16(10)22/h1-6,13-14,17-18H,7-8H2/t13?,14?,17-,18-/m1/s1. The molecule has 0 bridgehead atoms. The number of benzene rings is 2. The number of ether oxygens (including phenoxy) is 3. The highest BCUT2D eigenvalue weighted by Crippen LogP contribution is 2.45. The minimum Gasteiger partial charge on any atom is -0.370 e. The number of hydrogen-bond acceptors (Lipinski definition) is 3. The van der Waals surface area contributed by atoms with Crippen LogP contribution in [0.3, 0.4) is 0 Å². The van der Waals surface area contributed by atoms with E-state index < -0.39 is 0 Å². The molecule has 7 heteroatoms. The lowest BCUT2D eigenvalue weighted by Crippen LogP contribution is -2.19.